The molecule has 2 N–H and O–H groups in total. The lowest BCUT2D eigenvalue weighted by Gasteiger charge is -2.41. The summed E-state index contributed by atoms with van der Waals surface area (Å²) in [5.74, 6) is 0.330. The second-order valence-electron chi connectivity index (χ2n) is 5.17. The van der Waals surface area contributed by atoms with Crippen LogP contribution in [-0.4, -0.2) is 24.5 Å². The van der Waals surface area contributed by atoms with Gasteiger partial charge in [-0.05, 0) is 62.5 Å². The lowest BCUT2D eigenvalue weighted by Crippen LogP contribution is -2.41. The second kappa shape index (κ2) is 6.30. The summed E-state index contributed by atoms with van der Waals surface area (Å²) in [4.78, 5) is 2.51. The molecule has 1 aromatic rings. The third-order valence-electron chi connectivity index (χ3n) is 3.89. The molecule has 0 radical (unpaired) electrons. The first-order chi connectivity index (χ1) is 8.76. The Balaban J connectivity index is 2.24. The summed E-state index contributed by atoms with van der Waals surface area (Å²) < 4.78 is 13.0. The molecule has 1 saturated heterocycles. The van der Waals surface area contributed by atoms with Crippen molar-refractivity contribution >= 4 is 0 Å². The Morgan fingerprint density at radius 3 is 2.67 bits per heavy atom. The monoisotopic (exact) mass is 250 g/mol. The zero-order valence-electron chi connectivity index (χ0n) is 11.1. The van der Waals surface area contributed by atoms with Gasteiger partial charge in [-0.2, -0.15) is 0 Å². The molecular formula is C15H23FN2. The van der Waals surface area contributed by atoms with Crippen LogP contribution in [0.3, 0.4) is 0 Å². The molecule has 0 bridgehead atoms. The van der Waals surface area contributed by atoms with Gasteiger partial charge in [-0.25, -0.2) is 4.39 Å². The SMILES string of the molecule is CCCN1CCCC(CN)C1c1ccc(F)cc1. The van der Waals surface area contributed by atoms with E-state index in [-0.39, 0.29) is 5.82 Å². The second-order valence-corrected chi connectivity index (χ2v) is 5.17. The summed E-state index contributed by atoms with van der Waals surface area (Å²) in [6.07, 6.45) is 3.55. The fraction of sp³-hybridized carbons (Fsp3) is 0.600. The molecule has 1 aromatic carbocycles. The molecule has 2 unspecified atom stereocenters. The van der Waals surface area contributed by atoms with Crippen LogP contribution in [0.1, 0.15) is 37.8 Å². The van der Waals surface area contributed by atoms with E-state index in [0.717, 1.165) is 19.5 Å². The van der Waals surface area contributed by atoms with Crippen molar-refractivity contribution in [1.82, 2.24) is 4.90 Å². The number of nitrogens with two attached hydrogens (primary N) is 1. The van der Waals surface area contributed by atoms with Crippen molar-refractivity contribution < 1.29 is 4.39 Å². The van der Waals surface area contributed by atoms with Crippen LogP contribution in [0.25, 0.3) is 0 Å². The first-order valence-corrected chi connectivity index (χ1v) is 6.95. The van der Waals surface area contributed by atoms with Crippen LogP contribution >= 0.6 is 0 Å². The highest BCUT2D eigenvalue weighted by molar-refractivity contribution is 5.21. The summed E-state index contributed by atoms with van der Waals surface area (Å²) in [5, 5.41) is 0. The highest BCUT2D eigenvalue weighted by Crippen LogP contribution is 2.35. The minimum atomic E-state index is -0.166. The Kier molecular flexibility index (Phi) is 4.72. The predicted octanol–water partition coefficient (Wildman–Crippen LogP) is 2.95. The molecule has 0 amide bonds. The van der Waals surface area contributed by atoms with Gasteiger partial charge in [0.1, 0.15) is 5.82 Å². The van der Waals surface area contributed by atoms with Gasteiger partial charge in [-0.15, -0.1) is 0 Å². The maximum atomic E-state index is 13.0. The van der Waals surface area contributed by atoms with E-state index in [2.05, 4.69) is 11.8 Å². The molecule has 1 aliphatic rings. The van der Waals surface area contributed by atoms with Crippen LogP contribution < -0.4 is 5.73 Å². The Morgan fingerprint density at radius 2 is 2.06 bits per heavy atom. The first-order valence-electron chi connectivity index (χ1n) is 6.95. The number of benzene rings is 1. The average molecular weight is 250 g/mol. The van der Waals surface area contributed by atoms with Gasteiger partial charge >= 0.3 is 0 Å². The Hall–Kier alpha value is -0.930. The summed E-state index contributed by atoms with van der Waals surface area (Å²) in [7, 11) is 0. The van der Waals surface area contributed by atoms with E-state index in [0.29, 0.717) is 18.5 Å². The van der Waals surface area contributed by atoms with Gasteiger partial charge in [0, 0.05) is 6.04 Å². The maximum Gasteiger partial charge on any atom is 0.123 e. The Bertz CT molecular complexity index is 361. The van der Waals surface area contributed by atoms with E-state index < -0.39 is 0 Å². The summed E-state index contributed by atoms with van der Waals surface area (Å²) in [6, 6.07) is 7.31. The highest BCUT2D eigenvalue weighted by Gasteiger charge is 2.31. The summed E-state index contributed by atoms with van der Waals surface area (Å²) >= 11 is 0. The fourth-order valence-electron chi connectivity index (χ4n) is 3.08. The topological polar surface area (TPSA) is 29.3 Å². The quantitative estimate of drug-likeness (QED) is 0.890. The van der Waals surface area contributed by atoms with E-state index in [4.69, 9.17) is 5.73 Å². The van der Waals surface area contributed by atoms with Gasteiger partial charge in [0.15, 0.2) is 0 Å². The third kappa shape index (κ3) is 2.90. The fourth-order valence-corrected chi connectivity index (χ4v) is 3.08. The number of hydrogen-bond donors (Lipinski definition) is 1. The highest BCUT2D eigenvalue weighted by atomic mass is 19.1. The molecule has 1 fully saturated rings. The molecule has 100 valence electrons. The average Bonchev–Trinajstić information content (AvgIpc) is 2.40. The molecule has 2 atom stereocenters. The number of likely N-dealkylation sites (tertiary alicyclic amines) is 1. The van der Waals surface area contributed by atoms with Gasteiger partial charge in [0.05, 0.1) is 0 Å². The Morgan fingerprint density at radius 1 is 1.33 bits per heavy atom. The molecule has 18 heavy (non-hydrogen) atoms. The van der Waals surface area contributed by atoms with Crippen LogP contribution in [0, 0.1) is 11.7 Å². The molecular weight excluding hydrogens is 227 g/mol. The van der Waals surface area contributed by atoms with E-state index in [1.165, 1.54) is 18.4 Å². The molecule has 0 aliphatic carbocycles. The summed E-state index contributed by atoms with van der Waals surface area (Å²) in [5.41, 5.74) is 7.13. The minimum Gasteiger partial charge on any atom is -0.330 e. The molecule has 0 saturated carbocycles. The maximum absolute atomic E-state index is 13.0. The van der Waals surface area contributed by atoms with Crippen molar-refractivity contribution in [2.75, 3.05) is 19.6 Å². The number of halogens is 1. The van der Waals surface area contributed by atoms with Gasteiger partial charge in [-0.3, -0.25) is 4.90 Å². The van der Waals surface area contributed by atoms with Crippen molar-refractivity contribution in [3.8, 4) is 0 Å². The molecule has 1 aliphatic heterocycles. The smallest absolute Gasteiger partial charge is 0.123 e. The van der Waals surface area contributed by atoms with Crippen LogP contribution in [0.4, 0.5) is 4.39 Å². The van der Waals surface area contributed by atoms with Crippen LogP contribution in [-0.2, 0) is 0 Å². The lowest BCUT2D eigenvalue weighted by atomic mass is 9.84. The normalized spacial score (nSPS) is 25.3. The zero-order chi connectivity index (χ0) is 13.0. The predicted molar refractivity (Wildman–Crippen MR) is 72.8 cm³/mol. The standard InChI is InChI=1S/C15H23FN2/c1-2-9-18-10-3-4-13(11-17)15(18)12-5-7-14(16)8-6-12/h5-8,13,15H,2-4,9-11,17H2,1H3. The zero-order valence-corrected chi connectivity index (χ0v) is 11.1. The first kappa shape index (κ1) is 13.5. The van der Waals surface area contributed by atoms with Crippen molar-refractivity contribution in [3.63, 3.8) is 0 Å². The van der Waals surface area contributed by atoms with E-state index in [1.807, 2.05) is 12.1 Å². The largest absolute Gasteiger partial charge is 0.330 e. The number of nitrogens with zero attached hydrogens (tertiary/aromatic N) is 1. The van der Waals surface area contributed by atoms with Crippen LogP contribution in [0.15, 0.2) is 24.3 Å². The Labute approximate surface area is 109 Å². The van der Waals surface area contributed by atoms with Gasteiger partial charge in [0.25, 0.3) is 0 Å². The molecule has 2 nitrogen and oxygen atoms in total. The van der Waals surface area contributed by atoms with Crippen LogP contribution in [0.2, 0.25) is 0 Å². The lowest BCUT2D eigenvalue weighted by molar-refractivity contribution is 0.0960. The van der Waals surface area contributed by atoms with Gasteiger partial charge < -0.3 is 5.73 Å². The number of rotatable bonds is 4. The van der Waals surface area contributed by atoms with Gasteiger partial charge in [-0.1, -0.05) is 19.1 Å². The van der Waals surface area contributed by atoms with Crippen molar-refractivity contribution in [3.05, 3.63) is 35.6 Å². The van der Waals surface area contributed by atoms with E-state index in [9.17, 15) is 4.39 Å². The summed E-state index contributed by atoms with van der Waals surface area (Å²) in [6.45, 7) is 5.14. The van der Waals surface area contributed by atoms with Crippen molar-refractivity contribution in [1.29, 1.82) is 0 Å². The minimum absolute atomic E-state index is 0.166. The van der Waals surface area contributed by atoms with E-state index in [1.54, 1.807) is 12.1 Å². The van der Waals surface area contributed by atoms with Crippen molar-refractivity contribution in [2.45, 2.75) is 32.2 Å². The van der Waals surface area contributed by atoms with Crippen LogP contribution in [0.5, 0.6) is 0 Å². The van der Waals surface area contributed by atoms with E-state index >= 15 is 0 Å². The molecule has 3 heteroatoms. The third-order valence-corrected chi connectivity index (χ3v) is 3.89. The molecule has 0 spiro atoms. The molecule has 1 heterocycles. The number of hydrogen-bond acceptors (Lipinski definition) is 2. The molecule has 2 rings (SSSR count). The van der Waals surface area contributed by atoms with Crippen molar-refractivity contribution in [2.24, 2.45) is 11.7 Å². The number of piperidine rings is 1. The molecule has 0 aromatic heterocycles. The van der Waals surface area contributed by atoms with Gasteiger partial charge in [0.2, 0.25) is 0 Å².